The van der Waals surface area contributed by atoms with Crippen LogP contribution in [-0.4, -0.2) is 43.2 Å². The van der Waals surface area contributed by atoms with Crippen molar-refractivity contribution in [3.8, 4) is 11.4 Å². The Bertz CT molecular complexity index is 580. The Hall–Kier alpha value is -2.29. The van der Waals surface area contributed by atoms with Gasteiger partial charge in [0.15, 0.2) is 0 Å². The molecule has 2 aromatic heterocycles. The highest BCUT2D eigenvalue weighted by Gasteiger charge is 2.15. The maximum absolute atomic E-state index is 11.5. The van der Waals surface area contributed by atoms with E-state index in [0.717, 1.165) is 10.4 Å². The SMILES string of the molecule is C[C@@H](NC(=O)Cn1nnc(-c2ccsc2)n1)C(=O)O. The van der Waals surface area contributed by atoms with Crippen LogP contribution in [0.4, 0.5) is 0 Å². The Kier molecular flexibility index (Phi) is 3.85. The average Bonchev–Trinajstić information content (AvgIpc) is 2.97. The minimum absolute atomic E-state index is 0.172. The first-order valence-corrected chi connectivity index (χ1v) is 6.33. The molecule has 0 aromatic carbocycles. The molecule has 19 heavy (non-hydrogen) atoms. The lowest BCUT2D eigenvalue weighted by Gasteiger charge is -2.07. The Morgan fingerprint density at radius 3 is 3.00 bits per heavy atom. The minimum Gasteiger partial charge on any atom is -0.480 e. The first kappa shape index (κ1) is 13.1. The van der Waals surface area contributed by atoms with Crippen LogP contribution in [0.15, 0.2) is 16.8 Å². The Balaban J connectivity index is 1.97. The lowest BCUT2D eigenvalue weighted by molar-refractivity contribution is -0.141. The average molecular weight is 281 g/mol. The highest BCUT2D eigenvalue weighted by molar-refractivity contribution is 7.08. The van der Waals surface area contributed by atoms with Gasteiger partial charge in [-0.1, -0.05) is 0 Å². The number of nitrogens with zero attached hydrogens (tertiary/aromatic N) is 4. The molecule has 0 aliphatic heterocycles. The molecule has 9 heteroatoms. The molecule has 0 saturated heterocycles. The van der Waals surface area contributed by atoms with Gasteiger partial charge in [0.25, 0.3) is 0 Å². The minimum atomic E-state index is -1.10. The standard InChI is InChI=1S/C10H11N5O3S/c1-6(10(17)18)11-8(16)4-15-13-9(12-14-15)7-2-3-19-5-7/h2-3,5-6H,4H2,1H3,(H,11,16)(H,17,18)/t6-/m1/s1. The van der Waals surface area contributed by atoms with Gasteiger partial charge in [0, 0.05) is 10.9 Å². The van der Waals surface area contributed by atoms with E-state index in [1.54, 1.807) is 0 Å². The third-order valence-electron chi connectivity index (χ3n) is 2.27. The number of rotatable bonds is 5. The van der Waals surface area contributed by atoms with Crippen molar-refractivity contribution in [2.75, 3.05) is 0 Å². The van der Waals surface area contributed by atoms with Crippen molar-refractivity contribution in [3.63, 3.8) is 0 Å². The molecule has 8 nitrogen and oxygen atoms in total. The number of carbonyl (C=O) groups is 2. The molecule has 0 radical (unpaired) electrons. The van der Waals surface area contributed by atoms with Crippen LogP contribution in [0.25, 0.3) is 11.4 Å². The largest absolute Gasteiger partial charge is 0.480 e. The fourth-order valence-corrected chi connectivity index (χ4v) is 1.93. The fourth-order valence-electron chi connectivity index (χ4n) is 1.29. The van der Waals surface area contributed by atoms with Crippen molar-refractivity contribution in [1.82, 2.24) is 25.5 Å². The van der Waals surface area contributed by atoms with E-state index < -0.39 is 17.9 Å². The predicted molar refractivity (Wildman–Crippen MR) is 66.4 cm³/mol. The zero-order valence-corrected chi connectivity index (χ0v) is 10.8. The fraction of sp³-hybridized carbons (Fsp3) is 0.300. The van der Waals surface area contributed by atoms with Gasteiger partial charge in [0.05, 0.1) is 0 Å². The number of carbonyl (C=O) groups excluding carboxylic acids is 1. The Labute approximate surface area is 112 Å². The molecule has 2 rings (SSSR count). The summed E-state index contributed by atoms with van der Waals surface area (Å²) >= 11 is 1.51. The van der Waals surface area contributed by atoms with Crippen molar-refractivity contribution in [2.24, 2.45) is 0 Å². The van der Waals surface area contributed by atoms with Gasteiger partial charge in [-0.05, 0) is 23.6 Å². The predicted octanol–water partition coefficient (Wildman–Crippen LogP) is -0.00910. The summed E-state index contributed by atoms with van der Waals surface area (Å²) in [6, 6.07) is 0.894. The lowest BCUT2D eigenvalue weighted by Crippen LogP contribution is -2.40. The zero-order valence-electron chi connectivity index (χ0n) is 9.98. The molecule has 0 bridgehead atoms. The van der Waals surface area contributed by atoms with Crippen LogP contribution < -0.4 is 5.32 Å². The topological polar surface area (TPSA) is 110 Å². The van der Waals surface area contributed by atoms with Crippen LogP contribution in [0.3, 0.4) is 0 Å². The van der Waals surface area contributed by atoms with Crippen molar-refractivity contribution >= 4 is 23.2 Å². The van der Waals surface area contributed by atoms with Gasteiger partial charge in [-0.3, -0.25) is 9.59 Å². The van der Waals surface area contributed by atoms with E-state index in [1.165, 1.54) is 18.3 Å². The first-order chi connectivity index (χ1) is 9.06. The molecule has 1 amide bonds. The number of tetrazole rings is 1. The number of aliphatic carboxylic acids is 1. The van der Waals surface area contributed by atoms with Gasteiger partial charge >= 0.3 is 5.97 Å². The summed E-state index contributed by atoms with van der Waals surface area (Å²) in [4.78, 5) is 23.2. The van der Waals surface area contributed by atoms with Crippen LogP contribution in [0.2, 0.25) is 0 Å². The van der Waals surface area contributed by atoms with E-state index in [-0.39, 0.29) is 6.54 Å². The molecule has 0 spiro atoms. The smallest absolute Gasteiger partial charge is 0.325 e. The third-order valence-corrected chi connectivity index (χ3v) is 2.95. The first-order valence-electron chi connectivity index (χ1n) is 5.39. The summed E-state index contributed by atoms with van der Waals surface area (Å²) in [5.74, 6) is -1.15. The summed E-state index contributed by atoms with van der Waals surface area (Å²) in [6.45, 7) is 1.21. The van der Waals surface area contributed by atoms with Crippen molar-refractivity contribution in [3.05, 3.63) is 16.8 Å². The van der Waals surface area contributed by atoms with Gasteiger partial charge in [0.2, 0.25) is 11.7 Å². The molecule has 0 unspecified atom stereocenters. The van der Waals surface area contributed by atoms with Crippen molar-refractivity contribution in [1.29, 1.82) is 0 Å². The van der Waals surface area contributed by atoms with E-state index >= 15 is 0 Å². The molecular formula is C10H11N5O3S. The second-order valence-corrected chi connectivity index (χ2v) is 4.56. The summed E-state index contributed by atoms with van der Waals surface area (Å²) in [6.07, 6.45) is 0. The molecule has 0 saturated carbocycles. The van der Waals surface area contributed by atoms with Crippen molar-refractivity contribution < 1.29 is 14.7 Å². The van der Waals surface area contributed by atoms with Crippen LogP contribution in [-0.2, 0) is 16.1 Å². The number of amides is 1. The molecule has 100 valence electrons. The van der Waals surface area contributed by atoms with Gasteiger partial charge < -0.3 is 10.4 Å². The van der Waals surface area contributed by atoms with Gasteiger partial charge in [-0.15, -0.1) is 10.2 Å². The molecule has 2 heterocycles. The van der Waals surface area contributed by atoms with Gasteiger partial charge in [-0.2, -0.15) is 16.1 Å². The number of carboxylic acid groups (broad SMARTS) is 1. The van der Waals surface area contributed by atoms with E-state index in [2.05, 4.69) is 20.7 Å². The maximum atomic E-state index is 11.5. The lowest BCUT2D eigenvalue weighted by atomic mass is 10.3. The normalized spacial score (nSPS) is 12.1. The van der Waals surface area contributed by atoms with Crippen LogP contribution in [0, 0.1) is 0 Å². The van der Waals surface area contributed by atoms with E-state index in [0.29, 0.717) is 5.82 Å². The number of thiophene rings is 1. The molecular weight excluding hydrogens is 270 g/mol. The van der Waals surface area contributed by atoms with E-state index in [9.17, 15) is 9.59 Å². The molecule has 0 aliphatic rings. The summed E-state index contributed by atoms with van der Waals surface area (Å²) in [7, 11) is 0. The maximum Gasteiger partial charge on any atom is 0.325 e. The van der Waals surface area contributed by atoms with Crippen LogP contribution in [0.1, 0.15) is 6.92 Å². The summed E-state index contributed by atoms with van der Waals surface area (Å²) in [5, 5.41) is 26.3. The zero-order chi connectivity index (χ0) is 13.8. The monoisotopic (exact) mass is 281 g/mol. The molecule has 0 fully saturated rings. The number of nitrogens with one attached hydrogen (secondary N) is 1. The third kappa shape index (κ3) is 3.35. The summed E-state index contributed by atoms with van der Waals surface area (Å²) < 4.78 is 0. The number of aromatic nitrogens is 4. The molecule has 1 atom stereocenters. The highest BCUT2D eigenvalue weighted by atomic mass is 32.1. The highest BCUT2D eigenvalue weighted by Crippen LogP contribution is 2.16. The number of hydrogen-bond donors (Lipinski definition) is 2. The molecule has 2 N–H and O–H groups in total. The van der Waals surface area contributed by atoms with Crippen LogP contribution >= 0.6 is 11.3 Å². The Morgan fingerprint density at radius 1 is 1.58 bits per heavy atom. The van der Waals surface area contributed by atoms with Crippen LogP contribution in [0.5, 0.6) is 0 Å². The van der Waals surface area contributed by atoms with Crippen molar-refractivity contribution in [2.45, 2.75) is 19.5 Å². The Morgan fingerprint density at radius 2 is 2.37 bits per heavy atom. The number of carboxylic acids is 1. The van der Waals surface area contributed by atoms with Gasteiger partial charge in [0.1, 0.15) is 12.6 Å². The van der Waals surface area contributed by atoms with E-state index in [4.69, 9.17) is 5.11 Å². The summed E-state index contributed by atoms with van der Waals surface area (Å²) in [5.41, 5.74) is 0.829. The van der Waals surface area contributed by atoms with E-state index in [1.807, 2.05) is 16.8 Å². The second kappa shape index (κ2) is 5.57. The number of hydrogen-bond acceptors (Lipinski definition) is 6. The second-order valence-electron chi connectivity index (χ2n) is 3.78. The quantitative estimate of drug-likeness (QED) is 0.797. The molecule has 2 aromatic rings. The molecule has 0 aliphatic carbocycles. The van der Waals surface area contributed by atoms with Gasteiger partial charge in [-0.25, -0.2) is 0 Å².